The van der Waals surface area contributed by atoms with E-state index in [0.29, 0.717) is 18.2 Å². The molecule has 0 saturated heterocycles. The van der Waals surface area contributed by atoms with Crippen molar-refractivity contribution in [3.63, 3.8) is 0 Å². The molecule has 164 valence electrons. The van der Waals surface area contributed by atoms with Crippen LogP contribution < -0.4 is 5.32 Å². The Morgan fingerprint density at radius 2 is 1.90 bits per heavy atom. The highest BCUT2D eigenvalue weighted by Crippen LogP contribution is 2.38. The molecule has 4 rings (SSSR count). The molecule has 6 nitrogen and oxygen atoms in total. The predicted octanol–water partition coefficient (Wildman–Crippen LogP) is 5.25. The van der Waals surface area contributed by atoms with Crippen molar-refractivity contribution < 1.29 is 9.32 Å². The molecule has 1 N–H and O–H groups in total. The first-order valence-corrected chi connectivity index (χ1v) is 11.0. The van der Waals surface area contributed by atoms with Crippen LogP contribution in [0.2, 0.25) is 0 Å². The monoisotopic (exact) mass is 420 g/mol. The van der Waals surface area contributed by atoms with Crippen LogP contribution in [0.1, 0.15) is 71.5 Å². The van der Waals surface area contributed by atoms with Crippen LogP contribution in [0.25, 0.3) is 0 Å². The highest BCUT2D eigenvalue weighted by molar-refractivity contribution is 6.04. The Morgan fingerprint density at radius 3 is 2.58 bits per heavy atom. The van der Waals surface area contributed by atoms with Gasteiger partial charge >= 0.3 is 0 Å². The maximum absolute atomic E-state index is 13.1. The van der Waals surface area contributed by atoms with Gasteiger partial charge in [0, 0.05) is 12.0 Å². The molecule has 0 fully saturated rings. The van der Waals surface area contributed by atoms with Crippen LogP contribution in [0.4, 0.5) is 5.69 Å². The molecule has 0 bridgehead atoms. The lowest BCUT2D eigenvalue weighted by atomic mass is 9.71. The first-order valence-electron chi connectivity index (χ1n) is 11.0. The summed E-state index contributed by atoms with van der Waals surface area (Å²) in [5.74, 6) is 1.14. The zero-order chi connectivity index (χ0) is 22.3. The van der Waals surface area contributed by atoms with Crippen molar-refractivity contribution in [1.82, 2.24) is 14.9 Å². The molecule has 1 atom stereocenters. The van der Waals surface area contributed by atoms with Gasteiger partial charge in [-0.1, -0.05) is 55.8 Å². The van der Waals surface area contributed by atoms with Crippen LogP contribution in [0.15, 0.2) is 28.8 Å². The molecule has 1 aromatic carbocycles. The Bertz CT molecular complexity index is 1100. The van der Waals surface area contributed by atoms with Gasteiger partial charge in [-0.2, -0.15) is 5.10 Å². The molecule has 1 amide bonds. The standard InChI is InChI=1S/C25H32N4O2/c1-15-7-9-18(10-8-15)14-29-17(3)22(16(2)27-29)26-24(30)23-20-13-19(25(4,5)6)11-12-21(20)31-28-23/h7-10,19H,11-14H2,1-6H3,(H,26,30). The largest absolute Gasteiger partial charge is 0.360 e. The summed E-state index contributed by atoms with van der Waals surface area (Å²) >= 11 is 0. The number of nitrogens with zero attached hydrogens (tertiary/aromatic N) is 3. The molecule has 1 aliphatic carbocycles. The molecule has 3 aromatic rings. The average molecular weight is 421 g/mol. The van der Waals surface area contributed by atoms with E-state index >= 15 is 0 Å². The third-order valence-electron chi connectivity index (χ3n) is 6.55. The fourth-order valence-electron chi connectivity index (χ4n) is 4.39. The summed E-state index contributed by atoms with van der Waals surface area (Å²) in [5, 5.41) is 11.8. The number of hydrogen-bond acceptors (Lipinski definition) is 4. The van der Waals surface area contributed by atoms with Crippen LogP contribution in [0.3, 0.4) is 0 Å². The molecule has 0 saturated carbocycles. The highest BCUT2D eigenvalue weighted by Gasteiger charge is 2.34. The number of hydrogen-bond donors (Lipinski definition) is 1. The minimum Gasteiger partial charge on any atom is -0.360 e. The lowest BCUT2D eigenvalue weighted by Gasteiger charge is -2.33. The zero-order valence-corrected chi connectivity index (χ0v) is 19.4. The minimum absolute atomic E-state index is 0.188. The van der Waals surface area contributed by atoms with Gasteiger partial charge in [0.25, 0.3) is 5.91 Å². The van der Waals surface area contributed by atoms with Gasteiger partial charge in [-0.3, -0.25) is 9.48 Å². The number of benzene rings is 1. The second-order valence-electron chi connectivity index (χ2n) is 9.88. The Kier molecular flexibility index (Phi) is 5.50. The summed E-state index contributed by atoms with van der Waals surface area (Å²) in [6.45, 7) is 13.4. The van der Waals surface area contributed by atoms with E-state index in [4.69, 9.17) is 4.52 Å². The third kappa shape index (κ3) is 4.29. The maximum atomic E-state index is 13.1. The van der Waals surface area contributed by atoms with E-state index in [0.717, 1.165) is 47.7 Å². The Balaban J connectivity index is 1.54. The summed E-state index contributed by atoms with van der Waals surface area (Å²) in [5.41, 5.74) is 6.44. The Labute approximate surface area is 184 Å². The molecule has 0 radical (unpaired) electrons. The van der Waals surface area contributed by atoms with Gasteiger partial charge in [-0.05, 0) is 50.5 Å². The predicted molar refractivity (Wildman–Crippen MR) is 121 cm³/mol. The van der Waals surface area contributed by atoms with Gasteiger partial charge in [-0.25, -0.2) is 0 Å². The van der Waals surface area contributed by atoms with Crippen LogP contribution >= 0.6 is 0 Å². The topological polar surface area (TPSA) is 73.0 Å². The molecule has 0 spiro atoms. The fourth-order valence-corrected chi connectivity index (χ4v) is 4.39. The van der Waals surface area contributed by atoms with Crippen molar-refractivity contribution in [1.29, 1.82) is 0 Å². The SMILES string of the molecule is Cc1ccc(Cn2nc(C)c(NC(=O)c3noc4c3CC(C(C)(C)C)CC4)c2C)cc1. The van der Waals surface area contributed by atoms with E-state index in [9.17, 15) is 4.79 Å². The molecule has 6 heteroatoms. The first kappa shape index (κ1) is 21.3. The van der Waals surface area contributed by atoms with Crippen LogP contribution in [0, 0.1) is 32.1 Å². The van der Waals surface area contributed by atoms with E-state index in [1.54, 1.807) is 0 Å². The number of carbonyl (C=O) groups excluding carboxylic acids is 1. The van der Waals surface area contributed by atoms with Gasteiger partial charge < -0.3 is 9.84 Å². The molecular weight excluding hydrogens is 388 g/mol. The molecule has 31 heavy (non-hydrogen) atoms. The summed E-state index contributed by atoms with van der Waals surface area (Å²) in [6, 6.07) is 8.42. The van der Waals surface area contributed by atoms with E-state index in [-0.39, 0.29) is 11.3 Å². The summed E-state index contributed by atoms with van der Waals surface area (Å²) in [7, 11) is 0. The second-order valence-corrected chi connectivity index (χ2v) is 9.88. The summed E-state index contributed by atoms with van der Waals surface area (Å²) in [6.07, 6.45) is 2.73. The number of aryl methyl sites for hydroxylation is 3. The third-order valence-corrected chi connectivity index (χ3v) is 6.55. The summed E-state index contributed by atoms with van der Waals surface area (Å²) < 4.78 is 7.46. The second kappa shape index (κ2) is 7.98. The van der Waals surface area contributed by atoms with Gasteiger partial charge in [0.1, 0.15) is 5.76 Å². The van der Waals surface area contributed by atoms with Gasteiger partial charge in [0.15, 0.2) is 5.69 Å². The van der Waals surface area contributed by atoms with Crippen molar-refractivity contribution >= 4 is 11.6 Å². The molecule has 2 heterocycles. The van der Waals surface area contributed by atoms with Crippen LogP contribution in [-0.4, -0.2) is 20.8 Å². The Hall–Kier alpha value is -2.89. The van der Waals surface area contributed by atoms with Crippen molar-refractivity contribution in [3.8, 4) is 0 Å². The maximum Gasteiger partial charge on any atom is 0.278 e. The molecule has 2 aromatic heterocycles. The molecule has 1 aliphatic rings. The molecular formula is C25H32N4O2. The summed E-state index contributed by atoms with van der Waals surface area (Å²) in [4.78, 5) is 13.1. The first-order chi connectivity index (χ1) is 14.6. The lowest BCUT2D eigenvalue weighted by Crippen LogP contribution is -2.27. The normalized spacial score (nSPS) is 16.3. The van der Waals surface area contributed by atoms with Crippen molar-refractivity contribution in [2.45, 2.75) is 67.3 Å². The van der Waals surface area contributed by atoms with Gasteiger partial charge in [-0.15, -0.1) is 0 Å². The van der Waals surface area contributed by atoms with E-state index in [1.807, 2.05) is 18.5 Å². The van der Waals surface area contributed by atoms with Crippen molar-refractivity contribution in [2.75, 3.05) is 5.32 Å². The van der Waals surface area contributed by atoms with Gasteiger partial charge in [0.05, 0.1) is 23.6 Å². The molecule has 0 aliphatic heterocycles. The molecule has 1 unspecified atom stereocenters. The highest BCUT2D eigenvalue weighted by atomic mass is 16.5. The van der Waals surface area contributed by atoms with Crippen molar-refractivity contribution in [2.24, 2.45) is 11.3 Å². The van der Waals surface area contributed by atoms with E-state index in [2.05, 4.69) is 67.5 Å². The number of carbonyl (C=O) groups is 1. The number of fused-ring (bicyclic) bond motifs is 1. The van der Waals surface area contributed by atoms with Crippen LogP contribution in [0.5, 0.6) is 0 Å². The van der Waals surface area contributed by atoms with E-state index in [1.165, 1.54) is 11.1 Å². The van der Waals surface area contributed by atoms with Crippen LogP contribution in [-0.2, 0) is 19.4 Å². The smallest absolute Gasteiger partial charge is 0.278 e. The zero-order valence-electron chi connectivity index (χ0n) is 19.4. The average Bonchev–Trinajstić information content (AvgIpc) is 3.25. The number of nitrogens with one attached hydrogen (secondary N) is 1. The van der Waals surface area contributed by atoms with Gasteiger partial charge in [0.2, 0.25) is 0 Å². The van der Waals surface area contributed by atoms with E-state index < -0.39 is 0 Å². The minimum atomic E-state index is -0.222. The fraction of sp³-hybridized carbons (Fsp3) is 0.480. The van der Waals surface area contributed by atoms with Crippen molar-refractivity contribution in [3.05, 3.63) is 63.8 Å². The number of rotatable bonds is 4. The number of anilines is 1. The quantitative estimate of drug-likeness (QED) is 0.626. The Morgan fingerprint density at radius 1 is 1.19 bits per heavy atom. The lowest BCUT2D eigenvalue weighted by molar-refractivity contribution is 0.101. The number of aromatic nitrogens is 3. The number of amides is 1.